The lowest BCUT2D eigenvalue weighted by Gasteiger charge is -2.07. The first-order valence-corrected chi connectivity index (χ1v) is 10.2. The average molecular weight is 486 g/mol. The summed E-state index contributed by atoms with van der Waals surface area (Å²) in [6.07, 6.45) is -0.371. The second-order valence-corrected chi connectivity index (χ2v) is 7.86. The van der Waals surface area contributed by atoms with Gasteiger partial charge in [0.05, 0.1) is 24.4 Å². The molecule has 0 spiro atoms. The van der Waals surface area contributed by atoms with Gasteiger partial charge in [-0.25, -0.2) is 14.1 Å². The van der Waals surface area contributed by atoms with Crippen LogP contribution in [0.4, 0.5) is 4.39 Å². The van der Waals surface area contributed by atoms with E-state index in [1.165, 1.54) is 22.9 Å². The Morgan fingerprint density at radius 1 is 1.10 bits per heavy atom. The van der Waals surface area contributed by atoms with Crippen molar-refractivity contribution in [3.8, 4) is 11.4 Å². The van der Waals surface area contributed by atoms with E-state index in [2.05, 4.69) is 15.4 Å². The Balaban J connectivity index is 1.77. The molecule has 1 heterocycles. The lowest BCUT2D eigenvalue weighted by atomic mass is 10.2. The Labute approximate surface area is 191 Å². The van der Waals surface area contributed by atoms with Crippen molar-refractivity contribution in [1.82, 2.24) is 20.1 Å². The monoisotopic (exact) mass is 484 g/mol. The Kier molecular flexibility index (Phi) is 7.48. The first-order chi connectivity index (χ1) is 14.7. The molecule has 0 aliphatic heterocycles. The van der Waals surface area contributed by atoms with Gasteiger partial charge >= 0.3 is 5.97 Å². The van der Waals surface area contributed by atoms with Crippen molar-refractivity contribution in [2.45, 2.75) is 25.9 Å². The number of nitrogens with one attached hydrogen (secondary N) is 1. The summed E-state index contributed by atoms with van der Waals surface area (Å²) in [6.45, 7) is 0.197. The zero-order chi connectivity index (χ0) is 22.5. The average Bonchev–Trinajstić information content (AvgIpc) is 3.09. The van der Waals surface area contributed by atoms with Crippen LogP contribution in [-0.4, -0.2) is 31.7 Å². The van der Waals surface area contributed by atoms with Gasteiger partial charge in [-0.15, -0.1) is 0 Å². The maximum absolute atomic E-state index is 13.8. The maximum Gasteiger partial charge on any atom is 0.305 e. The van der Waals surface area contributed by atoms with Gasteiger partial charge in [-0.2, -0.15) is 5.10 Å². The molecule has 1 aromatic heterocycles. The van der Waals surface area contributed by atoms with Gasteiger partial charge < -0.3 is 10.4 Å². The maximum atomic E-state index is 13.8. The molecular weight excluding hydrogens is 470 g/mol. The van der Waals surface area contributed by atoms with E-state index in [1.807, 2.05) is 0 Å². The lowest BCUT2D eigenvalue weighted by Crippen LogP contribution is -2.26. The first kappa shape index (κ1) is 23.0. The molecule has 7 nitrogen and oxygen atoms in total. The van der Waals surface area contributed by atoms with Crippen LogP contribution in [0.3, 0.4) is 0 Å². The highest BCUT2D eigenvalue weighted by Crippen LogP contribution is 2.23. The van der Waals surface area contributed by atoms with Crippen LogP contribution in [-0.2, 0) is 29.1 Å². The molecule has 3 rings (SSSR count). The van der Waals surface area contributed by atoms with E-state index in [0.29, 0.717) is 15.6 Å². The minimum atomic E-state index is -1.03. The number of benzene rings is 2. The van der Waals surface area contributed by atoms with Crippen LogP contribution in [0.25, 0.3) is 11.4 Å². The molecule has 0 atom stereocenters. The predicted molar refractivity (Wildman–Crippen MR) is 115 cm³/mol. The van der Waals surface area contributed by atoms with E-state index < -0.39 is 11.8 Å². The number of halogens is 4. The summed E-state index contributed by atoms with van der Waals surface area (Å²) in [6, 6.07) is 9.01. The molecule has 0 saturated heterocycles. The van der Waals surface area contributed by atoms with E-state index in [9.17, 15) is 14.0 Å². The molecule has 0 aliphatic carbocycles. The summed E-state index contributed by atoms with van der Waals surface area (Å²) >= 11 is 17.6. The van der Waals surface area contributed by atoms with Gasteiger partial charge in [0.15, 0.2) is 5.82 Å². The zero-order valence-corrected chi connectivity index (χ0v) is 18.2. The Bertz CT molecular complexity index is 1120. The molecular formula is C20H16Cl3FN4O3. The topological polar surface area (TPSA) is 97.1 Å². The lowest BCUT2D eigenvalue weighted by molar-refractivity contribution is -0.137. The van der Waals surface area contributed by atoms with Crippen molar-refractivity contribution in [2.24, 2.45) is 0 Å². The summed E-state index contributed by atoms with van der Waals surface area (Å²) < 4.78 is 15.1. The summed E-state index contributed by atoms with van der Waals surface area (Å²) in [7, 11) is 0. The Hall–Kier alpha value is -2.68. The first-order valence-electron chi connectivity index (χ1n) is 9.04. The third kappa shape index (κ3) is 6.40. The molecule has 2 aromatic carbocycles. The molecule has 0 unspecified atom stereocenters. The summed E-state index contributed by atoms with van der Waals surface area (Å²) in [5.74, 6) is -1.63. The van der Waals surface area contributed by atoms with Crippen LogP contribution in [0, 0.1) is 5.82 Å². The number of aromatic nitrogens is 3. The van der Waals surface area contributed by atoms with Gasteiger partial charge in [-0.1, -0.05) is 34.8 Å². The second kappa shape index (κ2) is 10.1. The number of amides is 1. The highest BCUT2D eigenvalue weighted by molar-refractivity contribution is 6.34. The molecule has 162 valence electrons. The van der Waals surface area contributed by atoms with Crippen LogP contribution < -0.4 is 5.32 Å². The molecule has 3 aromatic rings. The van der Waals surface area contributed by atoms with Crippen LogP contribution in [0.15, 0.2) is 36.4 Å². The third-order valence-electron chi connectivity index (χ3n) is 4.19. The van der Waals surface area contributed by atoms with E-state index >= 15 is 0 Å². The Morgan fingerprint density at radius 2 is 1.81 bits per heavy atom. The number of carboxylic acids is 1. The molecule has 0 saturated carbocycles. The van der Waals surface area contributed by atoms with Gasteiger partial charge in [-0.05, 0) is 42.0 Å². The van der Waals surface area contributed by atoms with Gasteiger partial charge in [-0.3, -0.25) is 9.59 Å². The van der Waals surface area contributed by atoms with Crippen LogP contribution in [0.1, 0.15) is 17.8 Å². The molecule has 0 aliphatic rings. The number of aliphatic carboxylic acids is 1. The normalized spacial score (nSPS) is 10.8. The predicted octanol–water partition coefficient (Wildman–Crippen LogP) is 4.38. The molecule has 0 bridgehead atoms. The third-order valence-corrected chi connectivity index (χ3v) is 4.94. The second-order valence-electron chi connectivity index (χ2n) is 6.58. The van der Waals surface area contributed by atoms with Gasteiger partial charge in [0, 0.05) is 22.2 Å². The number of carbonyl (C=O) groups excluding carboxylic acids is 1. The number of hydrogen-bond acceptors (Lipinski definition) is 4. The highest BCUT2D eigenvalue weighted by Gasteiger charge is 2.17. The molecule has 1 amide bonds. The van der Waals surface area contributed by atoms with Crippen LogP contribution in [0.2, 0.25) is 15.1 Å². The fourth-order valence-electron chi connectivity index (χ4n) is 2.76. The SMILES string of the molecule is O=C(O)CCn1nc(-c2ccc(Cl)c(F)c2)nc1CC(=O)NCc1cc(Cl)cc(Cl)c1. The zero-order valence-electron chi connectivity index (χ0n) is 15.9. The van der Waals surface area contributed by atoms with Gasteiger partial charge in [0.2, 0.25) is 5.91 Å². The Morgan fingerprint density at radius 3 is 2.45 bits per heavy atom. The number of aryl methyl sites for hydroxylation is 1. The van der Waals surface area contributed by atoms with E-state index in [4.69, 9.17) is 39.9 Å². The molecule has 0 radical (unpaired) electrons. The van der Waals surface area contributed by atoms with E-state index in [0.717, 1.165) is 5.56 Å². The number of carbonyl (C=O) groups is 2. The van der Waals surface area contributed by atoms with Crippen molar-refractivity contribution >= 4 is 46.7 Å². The number of nitrogens with zero attached hydrogens (tertiary/aromatic N) is 3. The van der Waals surface area contributed by atoms with Crippen LogP contribution in [0.5, 0.6) is 0 Å². The highest BCUT2D eigenvalue weighted by atomic mass is 35.5. The van der Waals surface area contributed by atoms with E-state index in [-0.39, 0.29) is 48.5 Å². The number of rotatable bonds is 8. The molecule has 11 heteroatoms. The number of carboxylic acid groups (broad SMARTS) is 1. The van der Waals surface area contributed by atoms with E-state index in [1.54, 1.807) is 18.2 Å². The van der Waals surface area contributed by atoms with Crippen molar-refractivity contribution in [3.05, 3.63) is 68.7 Å². The van der Waals surface area contributed by atoms with Gasteiger partial charge in [0.1, 0.15) is 11.6 Å². The molecule has 2 N–H and O–H groups in total. The summed E-state index contributed by atoms with van der Waals surface area (Å²) in [4.78, 5) is 27.7. The van der Waals surface area contributed by atoms with Crippen molar-refractivity contribution < 1.29 is 19.1 Å². The number of hydrogen-bond donors (Lipinski definition) is 2. The standard InChI is InChI=1S/C20H16Cl3FN4O3/c21-13-5-11(6-14(22)8-13)10-25-18(29)9-17-26-20(27-28(17)4-3-19(30)31)12-1-2-15(23)16(24)7-12/h1-2,5-8H,3-4,9-10H2,(H,25,29)(H,30,31). The van der Waals surface area contributed by atoms with Crippen molar-refractivity contribution in [2.75, 3.05) is 0 Å². The molecule has 31 heavy (non-hydrogen) atoms. The minimum Gasteiger partial charge on any atom is -0.481 e. The summed E-state index contributed by atoms with van der Waals surface area (Å²) in [5.41, 5.74) is 1.07. The fraction of sp³-hybridized carbons (Fsp3) is 0.200. The fourth-order valence-corrected chi connectivity index (χ4v) is 3.45. The van der Waals surface area contributed by atoms with Crippen LogP contribution >= 0.6 is 34.8 Å². The van der Waals surface area contributed by atoms with Gasteiger partial charge in [0.25, 0.3) is 0 Å². The quantitative estimate of drug-likeness (QED) is 0.494. The minimum absolute atomic E-state index is 0.00488. The smallest absolute Gasteiger partial charge is 0.305 e. The summed E-state index contributed by atoms with van der Waals surface area (Å²) in [5, 5.41) is 16.8. The largest absolute Gasteiger partial charge is 0.481 e. The van der Waals surface area contributed by atoms with Crippen molar-refractivity contribution in [1.29, 1.82) is 0 Å². The molecule has 0 fully saturated rings. The van der Waals surface area contributed by atoms with Crippen molar-refractivity contribution in [3.63, 3.8) is 0 Å².